The summed E-state index contributed by atoms with van der Waals surface area (Å²) in [5.74, 6) is 0.560. The van der Waals surface area contributed by atoms with Crippen molar-refractivity contribution in [2.24, 2.45) is 0 Å². The molecule has 0 saturated heterocycles. The number of thiazole rings is 1. The number of para-hydroxylation sites is 1. The van der Waals surface area contributed by atoms with Gasteiger partial charge in [0.15, 0.2) is 0 Å². The van der Waals surface area contributed by atoms with Crippen LogP contribution in [0.25, 0.3) is 10.2 Å². The zero-order chi connectivity index (χ0) is 20.9. The molecule has 1 atom stereocenters. The van der Waals surface area contributed by atoms with E-state index in [1.165, 1.54) is 11.3 Å². The van der Waals surface area contributed by atoms with Crippen LogP contribution in [0.1, 0.15) is 23.9 Å². The summed E-state index contributed by atoms with van der Waals surface area (Å²) in [6.45, 7) is 0.705. The van der Waals surface area contributed by atoms with Gasteiger partial charge in [0, 0.05) is 18.9 Å². The average Bonchev–Trinajstić information content (AvgIpc) is 3.40. The molecule has 30 heavy (non-hydrogen) atoms. The van der Waals surface area contributed by atoms with Gasteiger partial charge in [0.05, 0.1) is 22.7 Å². The zero-order valence-electron chi connectivity index (χ0n) is 16.5. The van der Waals surface area contributed by atoms with E-state index < -0.39 is 5.97 Å². The Balaban J connectivity index is 1.36. The van der Waals surface area contributed by atoms with Crippen molar-refractivity contribution in [2.75, 3.05) is 13.6 Å². The first-order chi connectivity index (χ1) is 14.6. The predicted octanol–water partition coefficient (Wildman–Crippen LogP) is 4.50. The molecular weight excluding hydrogens is 400 g/mol. The van der Waals surface area contributed by atoms with Crippen LogP contribution in [0, 0.1) is 0 Å². The Kier molecular flexibility index (Phi) is 6.06. The van der Waals surface area contributed by atoms with Crippen LogP contribution in [0.3, 0.4) is 0 Å². The maximum absolute atomic E-state index is 11.2. The number of carboxylic acids is 1. The minimum atomic E-state index is -0.848. The fourth-order valence-electron chi connectivity index (χ4n) is 3.27. The van der Waals surface area contributed by atoms with E-state index in [0.717, 1.165) is 28.0 Å². The molecule has 0 aliphatic rings. The van der Waals surface area contributed by atoms with E-state index in [-0.39, 0.29) is 12.5 Å². The van der Waals surface area contributed by atoms with Crippen molar-refractivity contribution in [3.63, 3.8) is 0 Å². The molecule has 0 spiro atoms. The highest BCUT2D eigenvalue weighted by atomic mass is 32.1. The largest absolute Gasteiger partial charge is 0.481 e. The van der Waals surface area contributed by atoms with Crippen LogP contribution >= 0.6 is 11.3 Å². The summed E-state index contributed by atoms with van der Waals surface area (Å²) in [6, 6.07) is 15.6. The van der Waals surface area contributed by atoms with Crippen molar-refractivity contribution in [2.45, 2.75) is 18.9 Å². The van der Waals surface area contributed by atoms with Gasteiger partial charge in [0.2, 0.25) is 0 Å². The van der Waals surface area contributed by atoms with E-state index in [1.807, 2.05) is 60.5 Å². The molecule has 2 heterocycles. The Hall–Kier alpha value is -3.23. The summed E-state index contributed by atoms with van der Waals surface area (Å²) in [4.78, 5) is 25.0. The van der Waals surface area contributed by atoms with Crippen LogP contribution in [0.4, 0.5) is 0 Å². The highest BCUT2D eigenvalue weighted by molar-refractivity contribution is 7.20. The quantitative estimate of drug-likeness (QED) is 0.413. The van der Waals surface area contributed by atoms with Gasteiger partial charge < -0.3 is 14.8 Å². The van der Waals surface area contributed by atoms with Crippen molar-refractivity contribution >= 4 is 27.5 Å². The maximum Gasteiger partial charge on any atom is 0.305 e. The molecule has 8 heteroatoms. The van der Waals surface area contributed by atoms with E-state index in [0.29, 0.717) is 17.6 Å². The van der Waals surface area contributed by atoms with Gasteiger partial charge in [0.25, 0.3) is 5.19 Å². The normalized spacial score (nSPS) is 12.3. The lowest BCUT2D eigenvalue weighted by Gasteiger charge is -2.25. The molecule has 0 radical (unpaired) electrons. The highest BCUT2D eigenvalue weighted by Gasteiger charge is 2.22. The molecule has 0 bridgehead atoms. The third-order valence-corrected chi connectivity index (χ3v) is 5.81. The number of hydrogen-bond acceptors (Lipinski definition) is 6. The fraction of sp³-hybridized carbons (Fsp3) is 0.227. The maximum atomic E-state index is 11.2. The first kappa shape index (κ1) is 20.1. The molecule has 0 amide bonds. The van der Waals surface area contributed by atoms with Crippen molar-refractivity contribution in [1.29, 1.82) is 0 Å². The number of benzene rings is 2. The zero-order valence-corrected chi connectivity index (χ0v) is 17.3. The molecule has 0 aliphatic heterocycles. The van der Waals surface area contributed by atoms with Gasteiger partial charge in [-0.3, -0.25) is 9.69 Å². The second-order valence-corrected chi connectivity index (χ2v) is 8.01. The standard InChI is InChI=1S/C22H22N4O3S/c1-26(18(14-20(27)28)21-23-11-12-24-21)13-10-15-6-8-16(9-7-15)29-22-25-17-4-2-3-5-19(17)30-22/h2-9,11-12,18H,10,13-14H2,1H3,(H,23,24)(H,27,28). The Morgan fingerprint density at radius 3 is 2.73 bits per heavy atom. The van der Waals surface area contributed by atoms with Gasteiger partial charge in [-0.05, 0) is 43.3 Å². The van der Waals surface area contributed by atoms with E-state index in [1.54, 1.807) is 12.4 Å². The van der Waals surface area contributed by atoms with E-state index >= 15 is 0 Å². The van der Waals surface area contributed by atoms with Gasteiger partial charge in [-0.15, -0.1) is 0 Å². The van der Waals surface area contributed by atoms with Crippen molar-refractivity contribution < 1.29 is 14.6 Å². The molecule has 0 saturated carbocycles. The molecule has 7 nitrogen and oxygen atoms in total. The minimum absolute atomic E-state index is 0.00103. The van der Waals surface area contributed by atoms with Gasteiger partial charge in [-0.2, -0.15) is 0 Å². The predicted molar refractivity (Wildman–Crippen MR) is 116 cm³/mol. The number of aliphatic carboxylic acids is 1. The SMILES string of the molecule is CN(CCc1ccc(Oc2nc3ccccc3s2)cc1)C(CC(=O)O)c1ncc[nH]1. The van der Waals surface area contributed by atoms with E-state index in [4.69, 9.17) is 4.74 Å². The van der Waals surface area contributed by atoms with E-state index in [9.17, 15) is 9.90 Å². The highest BCUT2D eigenvalue weighted by Crippen LogP contribution is 2.31. The minimum Gasteiger partial charge on any atom is -0.481 e. The number of ether oxygens (including phenoxy) is 1. The molecule has 0 fully saturated rings. The number of hydrogen-bond donors (Lipinski definition) is 2. The third kappa shape index (κ3) is 4.84. The molecule has 4 rings (SSSR count). The van der Waals surface area contributed by atoms with Gasteiger partial charge in [0.1, 0.15) is 11.6 Å². The number of carbonyl (C=O) groups is 1. The lowest BCUT2D eigenvalue weighted by molar-refractivity contribution is -0.138. The summed E-state index contributed by atoms with van der Waals surface area (Å²) in [5, 5.41) is 9.85. The Morgan fingerprint density at radius 1 is 1.23 bits per heavy atom. The molecular formula is C22H22N4O3S. The van der Waals surface area contributed by atoms with Gasteiger partial charge in [-0.1, -0.05) is 35.6 Å². The summed E-state index contributed by atoms with van der Waals surface area (Å²) >= 11 is 1.52. The Labute approximate surface area is 178 Å². The molecule has 2 aromatic heterocycles. The number of aromatic nitrogens is 3. The smallest absolute Gasteiger partial charge is 0.305 e. The topological polar surface area (TPSA) is 91.3 Å². The second kappa shape index (κ2) is 9.06. The summed E-state index contributed by atoms with van der Waals surface area (Å²) in [5.41, 5.74) is 2.08. The second-order valence-electron chi connectivity index (χ2n) is 7.01. The molecule has 2 N–H and O–H groups in total. The molecule has 4 aromatic rings. The van der Waals surface area contributed by atoms with Crippen LogP contribution in [0.5, 0.6) is 10.9 Å². The van der Waals surface area contributed by atoms with Gasteiger partial charge in [-0.25, -0.2) is 9.97 Å². The summed E-state index contributed by atoms with van der Waals surface area (Å²) in [6.07, 6.45) is 4.14. The monoisotopic (exact) mass is 422 g/mol. The first-order valence-electron chi connectivity index (χ1n) is 9.62. The van der Waals surface area contributed by atoms with Crippen LogP contribution in [0.15, 0.2) is 60.9 Å². The van der Waals surface area contributed by atoms with Crippen LogP contribution in [0.2, 0.25) is 0 Å². The molecule has 154 valence electrons. The third-order valence-electron chi connectivity index (χ3n) is 4.89. The number of imidazole rings is 1. The number of nitrogens with zero attached hydrogens (tertiary/aromatic N) is 3. The lowest BCUT2D eigenvalue weighted by Crippen LogP contribution is -2.29. The van der Waals surface area contributed by atoms with Gasteiger partial charge >= 0.3 is 5.97 Å². The average molecular weight is 423 g/mol. The van der Waals surface area contributed by atoms with Crippen molar-refractivity contribution in [3.8, 4) is 10.9 Å². The van der Waals surface area contributed by atoms with Crippen molar-refractivity contribution in [1.82, 2.24) is 19.9 Å². The molecule has 1 unspecified atom stereocenters. The van der Waals surface area contributed by atoms with Crippen LogP contribution < -0.4 is 4.74 Å². The lowest BCUT2D eigenvalue weighted by atomic mass is 10.1. The summed E-state index contributed by atoms with van der Waals surface area (Å²) in [7, 11) is 1.92. The number of H-pyrrole nitrogens is 1. The fourth-order valence-corrected chi connectivity index (χ4v) is 4.10. The molecule has 0 aliphatic carbocycles. The number of rotatable bonds is 9. The number of likely N-dealkylation sites (N-methyl/N-ethyl adjacent to an activating group) is 1. The van der Waals surface area contributed by atoms with Crippen LogP contribution in [-0.2, 0) is 11.2 Å². The van der Waals surface area contributed by atoms with Crippen molar-refractivity contribution in [3.05, 3.63) is 72.3 Å². The number of carboxylic acid groups (broad SMARTS) is 1. The number of aromatic amines is 1. The Bertz CT molecular complexity index is 1080. The van der Waals surface area contributed by atoms with Crippen LogP contribution in [-0.4, -0.2) is 44.5 Å². The van der Waals surface area contributed by atoms with E-state index in [2.05, 4.69) is 15.0 Å². The first-order valence-corrected chi connectivity index (χ1v) is 10.4. The summed E-state index contributed by atoms with van der Waals surface area (Å²) < 4.78 is 6.99. The molecule has 2 aromatic carbocycles. The Morgan fingerprint density at radius 2 is 2.03 bits per heavy atom. The number of nitrogens with one attached hydrogen (secondary N) is 1. The number of fused-ring (bicyclic) bond motifs is 1.